The molecule has 7 heteroatoms. The van der Waals surface area contributed by atoms with Crippen LogP contribution in [-0.4, -0.2) is 58.8 Å². The molecule has 0 aliphatic carbocycles. The summed E-state index contributed by atoms with van der Waals surface area (Å²) in [6.07, 6.45) is 6.96. The molecule has 0 spiro atoms. The van der Waals surface area contributed by atoms with Gasteiger partial charge in [-0.05, 0) is 68.6 Å². The molecule has 35 heavy (non-hydrogen) atoms. The van der Waals surface area contributed by atoms with Crippen molar-refractivity contribution in [2.75, 3.05) is 33.4 Å². The molecule has 0 amide bonds. The van der Waals surface area contributed by atoms with Gasteiger partial charge < -0.3 is 19.3 Å². The van der Waals surface area contributed by atoms with Gasteiger partial charge in [0.2, 0.25) is 0 Å². The van der Waals surface area contributed by atoms with E-state index in [-0.39, 0.29) is 0 Å². The zero-order valence-corrected chi connectivity index (χ0v) is 20.9. The van der Waals surface area contributed by atoms with Crippen LogP contribution >= 0.6 is 0 Å². The molecule has 1 N–H and O–H groups in total. The largest absolute Gasteiger partial charge is 0.493 e. The highest BCUT2D eigenvalue weighted by atomic mass is 16.5. The normalized spacial score (nSPS) is 18.7. The van der Waals surface area contributed by atoms with Gasteiger partial charge in [-0.2, -0.15) is 5.10 Å². The van der Waals surface area contributed by atoms with Gasteiger partial charge in [0, 0.05) is 38.4 Å². The monoisotopic (exact) mass is 479 g/mol. The van der Waals surface area contributed by atoms with E-state index in [0.717, 1.165) is 62.7 Å². The first-order valence-corrected chi connectivity index (χ1v) is 12.4. The van der Waals surface area contributed by atoms with Crippen molar-refractivity contribution in [2.45, 2.75) is 51.3 Å². The van der Waals surface area contributed by atoms with E-state index in [1.54, 1.807) is 13.3 Å². The summed E-state index contributed by atoms with van der Waals surface area (Å²) in [5.41, 5.74) is 1.57. The average Bonchev–Trinajstić information content (AvgIpc) is 3.32. The molecule has 2 aromatic carbocycles. The van der Waals surface area contributed by atoms with Crippen LogP contribution in [0.3, 0.4) is 0 Å². The first kappa shape index (κ1) is 25.1. The Bertz CT molecular complexity index is 1040. The van der Waals surface area contributed by atoms with E-state index in [1.807, 2.05) is 47.3 Å². The summed E-state index contributed by atoms with van der Waals surface area (Å²) < 4.78 is 19.4. The minimum atomic E-state index is -0.803. The highest BCUT2D eigenvalue weighted by Gasteiger charge is 2.31. The van der Waals surface area contributed by atoms with Crippen LogP contribution in [0.2, 0.25) is 0 Å². The molecule has 1 aromatic heterocycles. The van der Waals surface area contributed by atoms with E-state index < -0.39 is 5.60 Å². The number of hydrogen-bond acceptors (Lipinski definition) is 6. The van der Waals surface area contributed by atoms with Crippen molar-refractivity contribution in [2.24, 2.45) is 0 Å². The lowest BCUT2D eigenvalue weighted by Gasteiger charge is -2.27. The van der Waals surface area contributed by atoms with Crippen molar-refractivity contribution in [3.05, 3.63) is 72.1 Å². The second-order valence-corrected chi connectivity index (χ2v) is 9.41. The number of aromatic nitrogens is 2. The van der Waals surface area contributed by atoms with Crippen LogP contribution in [0.1, 0.15) is 36.8 Å². The Morgan fingerprint density at radius 2 is 1.89 bits per heavy atom. The number of hydrogen-bond donors (Lipinski definition) is 1. The fourth-order valence-corrected chi connectivity index (χ4v) is 4.42. The quantitative estimate of drug-likeness (QED) is 0.410. The summed E-state index contributed by atoms with van der Waals surface area (Å²) in [6, 6.07) is 16.0. The summed E-state index contributed by atoms with van der Waals surface area (Å²) in [6.45, 7) is 6.36. The smallest absolute Gasteiger partial charge is 0.161 e. The first-order chi connectivity index (χ1) is 17.0. The fourth-order valence-electron chi connectivity index (χ4n) is 4.42. The van der Waals surface area contributed by atoms with Crippen molar-refractivity contribution in [3.8, 4) is 17.2 Å². The molecule has 1 fully saturated rings. The second-order valence-electron chi connectivity index (χ2n) is 9.41. The molecule has 2 heterocycles. The molecular weight excluding hydrogens is 442 g/mol. The number of methoxy groups -OCH3 is 1. The summed E-state index contributed by atoms with van der Waals surface area (Å²) in [4.78, 5) is 2.40. The molecule has 188 valence electrons. The Morgan fingerprint density at radius 3 is 2.66 bits per heavy atom. The lowest BCUT2D eigenvalue weighted by Crippen LogP contribution is -2.37. The van der Waals surface area contributed by atoms with Crippen LogP contribution in [0.25, 0.3) is 0 Å². The third-order valence-electron chi connectivity index (χ3n) is 6.52. The summed E-state index contributed by atoms with van der Waals surface area (Å²) in [5.74, 6) is 2.31. The van der Waals surface area contributed by atoms with Crippen molar-refractivity contribution in [3.63, 3.8) is 0 Å². The van der Waals surface area contributed by atoms with E-state index in [9.17, 15) is 5.11 Å². The Kier molecular flexibility index (Phi) is 8.66. The van der Waals surface area contributed by atoms with Gasteiger partial charge >= 0.3 is 0 Å². The topological polar surface area (TPSA) is 69.0 Å². The van der Waals surface area contributed by atoms with Gasteiger partial charge in [0.05, 0.1) is 19.3 Å². The van der Waals surface area contributed by atoms with Gasteiger partial charge in [-0.15, -0.1) is 0 Å². The molecule has 7 nitrogen and oxygen atoms in total. The van der Waals surface area contributed by atoms with Crippen molar-refractivity contribution >= 4 is 0 Å². The number of rotatable bonds is 11. The van der Waals surface area contributed by atoms with Gasteiger partial charge in [-0.1, -0.05) is 23.8 Å². The first-order valence-electron chi connectivity index (χ1n) is 12.4. The predicted octanol–water partition coefficient (Wildman–Crippen LogP) is 4.47. The standard InChI is InChI=1S/C28H37N3O4/c1-23-6-9-25(10-7-23)35-22-28(32)12-3-15-30(18-13-28)21-24-8-11-26(33-2)27(20-24)34-19-5-17-31-16-4-14-29-31/h4,6-11,14,16,20,32H,3,5,12-13,15,17-19,21-22H2,1-2H3. The molecule has 1 saturated heterocycles. The Morgan fingerprint density at radius 1 is 1.03 bits per heavy atom. The molecule has 1 atom stereocenters. The zero-order chi connectivity index (χ0) is 24.5. The van der Waals surface area contributed by atoms with Crippen molar-refractivity contribution < 1.29 is 19.3 Å². The van der Waals surface area contributed by atoms with E-state index in [0.29, 0.717) is 19.6 Å². The van der Waals surface area contributed by atoms with Crippen LogP contribution in [0.5, 0.6) is 17.2 Å². The van der Waals surface area contributed by atoms with Gasteiger partial charge in [0.15, 0.2) is 11.5 Å². The molecule has 0 saturated carbocycles. The van der Waals surface area contributed by atoms with Crippen molar-refractivity contribution in [1.82, 2.24) is 14.7 Å². The van der Waals surface area contributed by atoms with Gasteiger partial charge in [-0.25, -0.2) is 0 Å². The fraction of sp³-hybridized carbons (Fsp3) is 0.464. The van der Waals surface area contributed by atoms with Crippen LogP contribution in [0, 0.1) is 6.92 Å². The molecular formula is C28H37N3O4. The minimum absolute atomic E-state index is 0.322. The van der Waals surface area contributed by atoms with Crippen molar-refractivity contribution in [1.29, 1.82) is 0 Å². The van der Waals surface area contributed by atoms with Crippen LogP contribution < -0.4 is 14.2 Å². The average molecular weight is 480 g/mol. The van der Waals surface area contributed by atoms with Crippen LogP contribution in [-0.2, 0) is 13.1 Å². The zero-order valence-electron chi connectivity index (χ0n) is 20.9. The maximum atomic E-state index is 11.2. The number of nitrogens with zero attached hydrogens (tertiary/aromatic N) is 3. The van der Waals surface area contributed by atoms with Crippen LogP contribution in [0.4, 0.5) is 0 Å². The van der Waals surface area contributed by atoms with E-state index in [2.05, 4.69) is 29.1 Å². The maximum Gasteiger partial charge on any atom is 0.161 e. The molecule has 0 bridgehead atoms. The maximum absolute atomic E-state index is 11.2. The van der Waals surface area contributed by atoms with E-state index >= 15 is 0 Å². The van der Waals surface area contributed by atoms with E-state index in [1.165, 1.54) is 11.1 Å². The molecule has 1 aliphatic rings. The minimum Gasteiger partial charge on any atom is -0.493 e. The third-order valence-corrected chi connectivity index (χ3v) is 6.52. The SMILES string of the molecule is COc1ccc(CN2CCCC(O)(COc3ccc(C)cc3)CC2)cc1OCCCn1cccn1. The number of aliphatic hydroxyl groups is 1. The molecule has 4 rings (SSSR count). The number of ether oxygens (including phenoxy) is 3. The van der Waals surface area contributed by atoms with Gasteiger partial charge in [0.1, 0.15) is 12.4 Å². The van der Waals surface area contributed by atoms with Gasteiger partial charge in [-0.3, -0.25) is 9.58 Å². The number of aryl methyl sites for hydroxylation is 2. The highest BCUT2D eigenvalue weighted by Crippen LogP contribution is 2.30. The lowest BCUT2D eigenvalue weighted by atomic mass is 9.96. The van der Waals surface area contributed by atoms with Gasteiger partial charge in [0.25, 0.3) is 0 Å². The number of likely N-dealkylation sites (tertiary alicyclic amines) is 1. The third kappa shape index (κ3) is 7.47. The Labute approximate surface area is 208 Å². The lowest BCUT2D eigenvalue weighted by molar-refractivity contribution is -0.0168. The predicted molar refractivity (Wildman–Crippen MR) is 136 cm³/mol. The molecule has 3 aromatic rings. The Balaban J connectivity index is 1.28. The summed E-state index contributed by atoms with van der Waals surface area (Å²) in [7, 11) is 1.67. The van der Waals surface area contributed by atoms with Crippen LogP contribution in [0.15, 0.2) is 60.9 Å². The molecule has 0 radical (unpaired) electrons. The number of benzene rings is 2. The Hall–Kier alpha value is -3.03. The summed E-state index contributed by atoms with van der Waals surface area (Å²) >= 11 is 0. The molecule has 1 unspecified atom stereocenters. The summed E-state index contributed by atoms with van der Waals surface area (Å²) in [5, 5.41) is 15.4. The second kappa shape index (κ2) is 12.1. The van der Waals surface area contributed by atoms with E-state index in [4.69, 9.17) is 14.2 Å². The molecule has 1 aliphatic heterocycles. The highest BCUT2D eigenvalue weighted by molar-refractivity contribution is 5.43.